The third-order valence-corrected chi connectivity index (χ3v) is 2.59. The first-order valence-corrected chi connectivity index (χ1v) is 5.08. The Labute approximate surface area is 89.1 Å². The van der Waals surface area contributed by atoms with Gasteiger partial charge in [-0.2, -0.15) is 0 Å². The maximum atomic E-state index is 9.79. The molecule has 0 aromatic heterocycles. The van der Waals surface area contributed by atoms with Gasteiger partial charge in [0.15, 0.2) is 0 Å². The van der Waals surface area contributed by atoms with Crippen molar-refractivity contribution in [2.75, 3.05) is 16.8 Å². The molecule has 1 aromatic rings. The minimum Gasteiger partial charge on any atom is -0.392 e. The fourth-order valence-electron chi connectivity index (χ4n) is 1.90. The zero-order valence-electron chi connectivity index (χ0n) is 8.94. The highest BCUT2D eigenvalue weighted by Gasteiger charge is 2.28. The van der Waals surface area contributed by atoms with Gasteiger partial charge in [0, 0.05) is 6.54 Å². The molecule has 0 saturated carbocycles. The van der Waals surface area contributed by atoms with Gasteiger partial charge in [-0.15, -0.1) is 0 Å². The number of hydrogen-bond donors (Lipinski definition) is 3. The largest absolute Gasteiger partial charge is 0.392 e. The SMILES string of the molecule is Cc1cccc2c1NC(O)N2CC(C)O. The number of hydrogen-bond acceptors (Lipinski definition) is 4. The van der Waals surface area contributed by atoms with E-state index < -0.39 is 12.5 Å². The Bertz CT molecular complexity index is 366. The van der Waals surface area contributed by atoms with Crippen LogP contribution in [0.3, 0.4) is 0 Å². The molecular weight excluding hydrogens is 192 g/mol. The minimum absolute atomic E-state index is 0.421. The highest BCUT2D eigenvalue weighted by Crippen LogP contribution is 2.36. The molecule has 0 saturated heterocycles. The molecule has 1 aromatic carbocycles. The molecule has 4 nitrogen and oxygen atoms in total. The van der Waals surface area contributed by atoms with Gasteiger partial charge in [-0.3, -0.25) is 0 Å². The zero-order chi connectivity index (χ0) is 11.0. The van der Waals surface area contributed by atoms with Crippen LogP contribution in [0.2, 0.25) is 0 Å². The predicted molar refractivity (Wildman–Crippen MR) is 59.8 cm³/mol. The maximum absolute atomic E-state index is 9.79. The lowest BCUT2D eigenvalue weighted by Gasteiger charge is -2.23. The number of rotatable bonds is 2. The number of aryl methyl sites for hydroxylation is 1. The van der Waals surface area contributed by atoms with Gasteiger partial charge in [0.2, 0.25) is 6.35 Å². The lowest BCUT2D eigenvalue weighted by Crippen LogP contribution is -2.39. The Hall–Kier alpha value is -1.26. The van der Waals surface area contributed by atoms with Gasteiger partial charge in [-0.25, -0.2) is 0 Å². The first-order valence-electron chi connectivity index (χ1n) is 5.08. The van der Waals surface area contributed by atoms with Crippen molar-refractivity contribution in [1.29, 1.82) is 0 Å². The van der Waals surface area contributed by atoms with Crippen LogP contribution in [-0.4, -0.2) is 29.2 Å². The minimum atomic E-state index is -0.740. The average Bonchev–Trinajstić information content (AvgIpc) is 2.45. The van der Waals surface area contributed by atoms with Crippen LogP contribution in [0.25, 0.3) is 0 Å². The van der Waals surface area contributed by atoms with Crippen LogP contribution >= 0.6 is 0 Å². The summed E-state index contributed by atoms with van der Waals surface area (Å²) in [5.41, 5.74) is 2.99. The molecule has 0 spiro atoms. The highest BCUT2D eigenvalue weighted by atomic mass is 16.3. The molecular formula is C11H16N2O2. The third kappa shape index (κ3) is 1.78. The van der Waals surface area contributed by atoms with E-state index in [-0.39, 0.29) is 0 Å². The van der Waals surface area contributed by atoms with Crippen molar-refractivity contribution < 1.29 is 10.2 Å². The van der Waals surface area contributed by atoms with Gasteiger partial charge in [-0.1, -0.05) is 12.1 Å². The molecule has 0 fully saturated rings. The van der Waals surface area contributed by atoms with Crippen molar-refractivity contribution in [3.8, 4) is 0 Å². The monoisotopic (exact) mass is 208 g/mol. The number of para-hydroxylation sites is 1. The highest BCUT2D eigenvalue weighted by molar-refractivity contribution is 5.78. The van der Waals surface area contributed by atoms with Gasteiger partial charge >= 0.3 is 0 Å². The van der Waals surface area contributed by atoms with E-state index in [2.05, 4.69) is 5.32 Å². The number of fused-ring (bicyclic) bond motifs is 1. The fourth-order valence-corrected chi connectivity index (χ4v) is 1.90. The van der Waals surface area contributed by atoms with E-state index in [1.807, 2.05) is 25.1 Å². The molecule has 1 heterocycles. The summed E-state index contributed by atoms with van der Waals surface area (Å²) >= 11 is 0. The molecule has 4 heteroatoms. The first kappa shape index (κ1) is 10.3. The summed E-state index contributed by atoms with van der Waals surface area (Å²) in [7, 11) is 0. The average molecular weight is 208 g/mol. The second-order valence-electron chi connectivity index (χ2n) is 3.99. The predicted octanol–water partition coefficient (Wildman–Crippen LogP) is 0.884. The van der Waals surface area contributed by atoms with Crippen molar-refractivity contribution in [3.63, 3.8) is 0 Å². The molecule has 0 amide bonds. The number of aliphatic hydroxyl groups is 2. The molecule has 2 atom stereocenters. The smallest absolute Gasteiger partial charge is 0.205 e. The molecule has 3 N–H and O–H groups in total. The van der Waals surface area contributed by atoms with Gasteiger partial charge in [0.05, 0.1) is 17.5 Å². The van der Waals surface area contributed by atoms with Crippen LogP contribution in [-0.2, 0) is 0 Å². The van der Waals surface area contributed by atoms with Crippen LogP contribution in [0.1, 0.15) is 12.5 Å². The summed E-state index contributed by atoms with van der Waals surface area (Å²) < 4.78 is 0. The number of nitrogens with zero attached hydrogens (tertiary/aromatic N) is 1. The van der Waals surface area contributed by atoms with Crippen LogP contribution in [0.15, 0.2) is 18.2 Å². The van der Waals surface area contributed by atoms with E-state index >= 15 is 0 Å². The van der Waals surface area contributed by atoms with Crippen molar-refractivity contribution >= 4 is 11.4 Å². The number of nitrogens with one attached hydrogen (secondary N) is 1. The van der Waals surface area contributed by atoms with E-state index in [1.165, 1.54) is 0 Å². The molecule has 2 unspecified atom stereocenters. The summed E-state index contributed by atoms with van der Waals surface area (Å²) in [6.45, 7) is 4.12. The quantitative estimate of drug-likeness (QED) is 0.675. The van der Waals surface area contributed by atoms with Crippen molar-refractivity contribution in [2.45, 2.75) is 26.3 Å². The molecule has 1 aliphatic heterocycles. The molecule has 15 heavy (non-hydrogen) atoms. The molecule has 1 aliphatic rings. The van der Waals surface area contributed by atoms with Crippen LogP contribution < -0.4 is 10.2 Å². The second kappa shape index (κ2) is 3.72. The second-order valence-corrected chi connectivity index (χ2v) is 3.99. The Kier molecular flexibility index (Phi) is 2.54. The number of anilines is 2. The number of aliphatic hydroxyl groups excluding tert-OH is 2. The Morgan fingerprint density at radius 2 is 2.27 bits per heavy atom. The Morgan fingerprint density at radius 1 is 1.53 bits per heavy atom. The van der Waals surface area contributed by atoms with Gasteiger partial charge in [0.25, 0.3) is 0 Å². The molecule has 82 valence electrons. The fraction of sp³-hybridized carbons (Fsp3) is 0.455. The van der Waals surface area contributed by atoms with E-state index in [0.717, 1.165) is 16.9 Å². The summed E-state index contributed by atoms with van der Waals surface area (Å²) in [5, 5.41) is 22.1. The topological polar surface area (TPSA) is 55.7 Å². The van der Waals surface area contributed by atoms with E-state index in [0.29, 0.717) is 6.54 Å². The van der Waals surface area contributed by atoms with Gasteiger partial charge < -0.3 is 20.4 Å². The number of β-amino-alcohol motifs (C(OH)–C–C–N with tert-alkyl or cyclic N) is 1. The van der Waals surface area contributed by atoms with Crippen LogP contribution in [0, 0.1) is 6.92 Å². The summed E-state index contributed by atoms with van der Waals surface area (Å²) in [6.07, 6.45) is -1.20. The van der Waals surface area contributed by atoms with Gasteiger partial charge in [-0.05, 0) is 25.5 Å². The van der Waals surface area contributed by atoms with E-state index in [9.17, 15) is 10.2 Å². The molecule has 0 bridgehead atoms. The molecule has 2 rings (SSSR count). The summed E-state index contributed by atoms with van der Waals surface area (Å²) in [6, 6.07) is 5.88. The molecule has 0 radical (unpaired) electrons. The van der Waals surface area contributed by atoms with Crippen LogP contribution in [0.5, 0.6) is 0 Å². The van der Waals surface area contributed by atoms with Crippen molar-refractivity contribution in [1.82, 2.24) is 0 Å². The zero-order valence-corrected chi connectivity index (χ0v) is 8.94. The van der Waals surface area contributed by atoms with E-state index in [4.69, 9.17) is 0 Å². The Balaban J connectivity index is 2.33. The Morgan fingerprint density at radius 3 is 2.93 bits per heavy atom. The lowest BCUT2D eigenvalue weighted by atomic mass is 10.1. The molecule has 0 aliphatic carbocycles. The van der Waals surface area contributed by atoms with Crippen molar-refractivity contribution in [2.24, 2.45) is 0 Å². The summed E-state index contributed by atoms with van der Waals surface area (Å²) in [4.78, 5) is 1.76. The van der Waals surface area contributed by atoms with Crippen molar-refractivity contribution in [3.05, 3.63) is 23.8 Å². The standard InChI is InChI=1S/C11H16N2O2/c1-7-4-3-5-9-10(7)12-11(15)13(9)6-8(2)14/h3-5,8,11-12,14-15H,6H2,1-2H3. The number of benzene rings is 1. The lowest BCUT2D eigenvalue weighted by molar-refractivity contribution is 0.159. The normalized spacial score (nSPS) is 21.1. The third-order valence-electron chi connectivity index (χ3n) is 2.59. The maximum Gasteiger partial charge on any atom is 0.205 e. The first-order chi connectivity index (χ1) is 7.09. The summed E-state index contributed by atoms with van der Waals surface area (Å²) in [5.74, 6) is 0. The van der Waals surface area contributed by atoms with Crippen LogP contribution in [0.4, 0.5) is 11.4 Å². The van der Waals surface area contributed by atoms with Gasteiger partial charge in [0.1, 0.15) is 0 Å². The van der Waals surface area contributed by atoms with E-state index in [1.54, 1.807) is 11.8 Å².